The molecule has 0 aromatic carbocycles. The van der Waals surface area contributed by atoms with Crippen LogP contribution in [0.25, 0.3) is 0 Å². The molecule has 0 bridgehead atoms. The lowest BCUT2D eigenvalue weighted by atomic mass is 10.2. The van der Waals surface area contributed by atoms with Crippen molar-refractivity contribution in [3.63, 3.8) is 0 Å². The van der Waals surface area contributed by atoms with E-state index >= 15 is 0 Å². The molecule has 1 rings (SSSR count). The van der Waals surface area contributed by atoms with Gasteiger partial charge in [-0.1, -0.05) is 12.2 Å². The van der Waals surface area contributed by atoms with Gasteiger partial charge in [0.2, 0.25) is 0 Å². The lowest BCUT2D eigenvalue weighted by Gasteiger charge is -2.34. The van der Waals surface area contributed by atoms with Crippen LogP contribution in [0.2, 0.25) is 0 Å². The maximum Gasteiger partial charge on any atom is 0.344 e. The van der Waals surface area contributed by atoms with Crippen molar-refractivity contribution >= 4 is 23.2 Å². The van der Waals surface area contributed by atoms with Gasteiger partial charge < -0.3 is 25.6 Å². The Balaban J connectivity index is 2.95. The molecule has 0 aliphatic carbocycles. The summed E-state index contributed by atoms with van der Waals surface area (Å²) in [5.74, 6) is -0.0795. The molecular weight excluding hydrogens is 264 g/mol. The minimum absolute atomic E-state index is 0.254. The molecule has 0 spiro atoms. The van der Waals surface area contributed by atoms with Gasteiger partial charge in [-0.2, -0.15) is 0 Å². The molecule has 108 valence electrons. The first-order chi connectivity index (χ1) is 9.01. The second-order valence-electron chi connectivity index (χ2n) is 4.35. The molecule has 1 aliphatic heterocycles. The van der Waals surface area contributed by atoms with Gasteiger partial charge in [0.05, 0.1) is 6.61 Å². The average Bonchev–Trinajstić information content (AvgIpc) is 2.39. The van der Waals surface area contributed by atoms with E-state index in [4.69, 9.17) is 22.7 Å². The van der Waals surface area contributed by atoms with Crippen LogP contribution in [0.1, 0.15) is 6.92 Å². The number of nitrogens with one attached hydrogen (secondary N) is 1. The Kier molecular flexibility index (Phi) is 6.04. The third-order valence-corrected chi connectivity index (χ3v) is 3.44. The van der Waals surface area contributed by atoms with E-state index in [1.165, 1.54) is 0 Å². The van der Waals surface area contributed by atoms with Gasteiger partial charge in [-0.15, -0.1) is 0 Å². The van der Waals surface area contributed by atoms with Gasteiger partial charge >= 0.3 is 5.97 Å². The minimum Gasteiger partial charge on any atom is -0.462 e. The second kappa shape index (κ2) is 7.30. The molecule has 0 aromatic rings. The van der Waals surface area contributed by atoms with Gasteiger partial charge in [-0.3, -0.25) is 0 Å². The Labute approximate surface area is 119 Å². The third kappa shape index (κ3) is 4.07. The SMILES string of the molecule is CCOC(=O)/C(C(=S)NC)=C(/N)N1CCN(C)CC1. The summed E-state index contributed by atoms with van der Waals surface area (Å²) in [6.45, 7) is 5.41. The summed E-state index contributed by atoms with van der Waals surface area (Å²) in [6, 6.07) is 0. The molecule has 0 radical (unpaired) electrons. The number of rotatable bonds is 4. The van der Waals surface area contributed by atoms with Crippen LogP contribution in [-0.2, 0) is 9.53 Å². The molecule has 0 saturated carbocycles. The molecule has 0 unspecified atom stereocenters. The van der Waals surface area contributed by atoms with Gasteiger partial charge in [-0.05, 0) is 14.0 Å². The van der Waals surface area contributed by atoms with Crippen LogP contribution < -0.4 is 11.1 Å². The Bertz CT molecular complexity index is 376. The minimum atomic E-state index is -0.474. The number of piperazine rings is 1. The van der Waals surface area contributed by atoms with Crippen LogP contribution in [0.15, 0.2) is 11.4 Å². The van der Waals surface area contributed by atoms with Crippen LogP contribution >= 0.6 is 12.2 Å². The third-order valence-electron chi connectivity index (χ3n) is 3.03. The maximum absolute atomic E-state index is 12.0. The largest absolute Gasteiger partial charge is 0.462 e. The highest BCUT2D eigenvalue weighted by Crippen LogP contribution is 2.11. The molecule has 7 heteroatoms. The van der Waals surface area contributed by atoms with E-state index in [9.17, 15) is 4.79 Å². The van der Waals surface area contributed by atoms with Crippen LogP contribution in [0.3, 0.4) is 0 Å². The first-order valence-electron chi connectivity index (χ1n) is 6.33. The standard InChI is InChI=1S/C12H22N4O2S/c1-4-18-12(17)9(11(19)14-2)10(13)16-7-5-15(3)6-8-16/h4-8,13H2,1-3H3,(H,14,19)/b10-9-. The van der Waals surface area contributed by atoms with Gasteiger partial charge in [0, 0.05) is 33.2 Å². The van der Waals surface area contributed by atoms with E-state index < -0.39 is 5.97 Å². The zero-order valence-corrected chi connectivity index (χ0v) is 12.5. The molecule has 1 saturated heterocycles. The molecule has 0 amide bonds. The Morgan fingerprint density at radius 1 is 1.37 bits per heavy atom. The van der Waals surface area contributed by atoms with Gasteiger partial charge in [-0.25, -0.2) is 4.79 Å². The van der Waals surface area contributed by atoms with Crippen molar-refractivity contribution in [2.75, 3.05) is 46.9 Å². The number of nitrogens with two attached hydrogens (primary N) is 1. The number of likely N-dealkylation sites (N-methyl/N-ethyl adjacent to an activating group) is 2. The molecule has 1 fully saturated rings. The van der Waals surface area contributed by atoms with Crippen LogP contribution in [-0.4, -0.2) is 67.6 Å². The van der Waals surface area contributed by atoms with Crippen LogP contribution in [0.5, 0.6) is 0 Å². The molecule has 1 aliphatic rings. The van der Waals surface area contributed by atoms with Crippen molar-refractivity contribution in [1.82, 2.24) is 15.1 Å². The van der Waals surface area contributed by atoms with Gasteiger partial charge in [0.25, 0.3) is 0 Å². The lowest BCUT2D eigenvalue weighted by Crippen LogP contribution is -2.47. The summed E-state index contributed by atoms with van der Waals surface area (Å²) in [6.07, 6.45) is 0. The second-order valence-corrected chi connectivity index (χ2v) is 4.76. The highest BCUT2D eigenvalue weighted by molar-refractivity contribution is 7.80. The highest BCUT2D eigenvalue weighted by atomic mass is 32.1. The van der Waals surface area contributed by atoms with E-state index in [-0.39, 0.29) is 5.57 Å². The molecule has 3 N–H and O–H groups in total. The van der Waals surface area contributed by atoms with E-state index in [0.717, 1.165) is 26.2 Å². The summed E-state index contributed by atoms with van der Waals surface area (Å²) in [5.41, 5.74) is 6.36. The van der Waals surface area contributed by atoms with Crippen LogP contribution in [0, 0.1) is 0 Å². The van der Waals surface area contributed by atoms with E-state index in [1.54, 1.807) is 14.0 Å². The van der Waals surface area contributed by atoms with E-state index in [2.05, 4.69) is 17.3 Å². The van der Waals surface area contributed by atoms with E-state index in [0.29, 0.717) is 17.4 Å². The molecule has 19 heavy (non-hydrogen) atoms. The molecule has 0 atom stereocenters. The molecular formula is C12H22N4O2S. The highest BCUT2D eigenvalue weighted by Gasteiger charge is 2.24. The molecule has 1 heterocycles. The van der Waals surface area contributed by atoms with E-state index in [1.807, 2.05) is 4.90 Å². The zero-order chi connectivity index (χ0) is 14.4. The number of carbonyl (C=O) groups excluding carboxylic acids is 1. The summed E-state index contributed by atoms with van der Waals surface area (Å²) < 4.78 is 5.02. The van der Waals surface area contributed by atoms with Crippen LogP contribution in [0.4, 0.5) is 0 Å². The normalized spacial score (nSPS) is 17.7. The molecule has 6 nitrogen and oxygen atoms in total. The quantitative estimate of drug-likeness (QED) is 0.411. The number of esters is 1. The number of carbonyl (C=O) groups is 1. The van der Waals surface area contributed by atoms with Crippen molar-refractivity contribution in [3.8, 4) is 0 Å². The van der Waals surface area contributed by atoms with Crippen molar-refractivity contribution in [3.05, 3.63) is 11.4 Å². The number of hydrogen-bond acceptors (Lipinski definition) is 6. The average molecular weight is 286 g/mol. The Hall–Kier alpha value is -1.34. The fraction of sp³-hybridized carbons (Fsp3) is 0.667. The number of nitrogens with zero attached hydrogens (tertiary/aromatic N) is 2. The molecule has 0 aromatic heterocycles. The lowest BCUT2D eigenvalue weighted by molar-refractivity contribution is -0.138. The fourth-order valence-electron chi connectivity index (χ4n) is 1.85. The van der Waals surface area contributed by atoms with Gasteiger partial charge in [0.15, 0.2) is 0 Å². The fourth-order valence-corrected chi connectivity index (χ4v) is 2.04. The Morgan fingerprint density at radius 2 is 1.95 bits per heavy atom. The van der Waals surface area contributed by atoms with Crippen molar-refractivity contribution in [2.24, 2.45) is 5.73 Å². The number of ether oxygens (including phenoxy) is 1. The van der Waals surface area contributed by atoms with Crippen molar-refractivity contribution in [1.29, 1.82) is 0 Å². The van der Waals surface area contributed by atoms with Gasteiger partial charge in [0.1, 0.15) is 16.4 Å². The van der Waals surface area contributed by atoms with Crippen molar-refractivity contribution in [2.45, 2.75) is 6.92 Å². The summed E-state index contributed by atoms with van der Waals surface area (Å²) in [7, 11) is 3.72. The zero-order valence-electron chi connectivity index (χ0n) is 11.7. The first kappa shape index (κ1) is 15.7. The summed E-state index contributed by atoms with van der Waals surface area (Å²) in [5, 5.41) is 2.79. The predicted octanol–water partition coefficient (Wildman–Crippen LogP) is -0.486. The monoisotopic (exact) mass is 286 g/mol. The predicted molar refractivity (Wildman–Crippen MR) is 78.6 cm³/mol. The number of hydrogen-bond donors (Lipinski definition) is 2. The Morgan fingerprint density at radius 3 is 2.42 bits per heavy atom. The summed E-state index contributed by atoms with van der Waals surface area (Å²) >= 11 is 5.15. The maximum atomic E-state index is 12.0. The number of thiocarbonyl (C=S) groups is 1. The summed E-state index contributed by atoms with van der Waals surface area (Å²) in [4.78, 5) is 16.5. The van der Waals surface area contributed by atoms with Crippen molar-refractivity contribution < 1.29 is 9.53 Å². The smallest absolute Gasteiger partial charge is 0.344 e. The first-order valence-corrected chi connectivity index (χ1v) is 6.74. The topological polar surface area (TPSA) is 70.8 Å².